The Hall–Kier alpha value is -0.950. The number of methoxy groups -OCH3 is 1. The van der Waals surface area contributed by atoms with Crippen molar-refractivity contribution in [3.63, 3.8) is 0 Å². The quantitative estimate of drug-likeness (QED) is 0.649. The highest BCUT2D eigenvalue weighted by Crippen LogP contribution is 2.19. The summed E-state index contributed by atoms with van der Waals surface area (Å²) in [6.45, 7) is 0.458. The fraction of sp³-hybridized carbons (Fsp3) is 0.455. The van der Waals surface area contributed by atoms with Crippen LogP contribution in [0.2, 0.25) is 0 Å². The summed E-state index contributed by atoms with van der Waals surface area (Å²) in [4.78, 5) is 0. The molecule has 0 aliphatic carbocycles. The molecule has 94 valence electrons. The molecule has 0 amide bonds. The van der Waals surface area contributed by atoms with E-state index in [0.29, 0.717) is 12.3 Å². The zero-order valence-corrected chi connectivity index (χ0v) is 10.5. The smallest absolute Gasteiger partial charge is 0.183 e. The lowest BCUT2D eigenvalue weighted by atomic mass is 10.3. The Labute approximate surface area is 103 Å². The number of para-hydroxylation sites is 1. The highest BCUT2D eigenvalue weighted by atomic mass is 32.2. The number of hydroxylamine groups is 2. The molecular weight excluding hydrogens is 240 g/mol. The third kappa shape index (κ3) is 3.04. The van der Waals surface area contributed by atoms with Crippen LogP contribution >= 0.6 is 0 Å². The topological polar surface area (TPSA) is 61.4 Å². The molecule has 0 bridgehead atoms. The summed E-state index contributed by atoms with van der Waals surface area (Å²) in [5, 5.41) is 12.4. The van der Waals surface area contributed by atoms with Gasteiger partial charge in [-0.25, -0.2) is 5.43 Å². The van der Waals surface area contributed by atoms with E-state index in [-0.39, 0.29) is 6.54 Å². The van der Waals surface area contributed by atoms with Crippen LogP contribution in [0.15, 0.2) is 30.3 Å². The van der Waals surface area contributed by atoms with E-state index in [4.69, 9.17) is 4.74 Å². The zero-order chi connectivity index (χ0) is 12.3. The lowest BCUT2D eigenvalue weighted by molar-refractivity contribution is -0.859. The van der Waals surface area contributed by atoms with Crippen LogP contribution in [-0.4, -0.2) is 40.4 Å². The average molecular weight is 256 g/mol. The third-order valence-corrected chi connectivity index (χ3v) is 4.27. The molecule has 0 saturated carbocycles. The van der Waals surface area contributed by atoms with Crippen LogP contribution in [0.4, 0.5) is 5.69 Å². The van der Waals surface area contributed by atoms with Gasteiger partial charge < -0.3 is 9.94 Å². The molecule has 1 aromatic carbocycles. The molecule has 2 rings (SSSR count). The van der Waals surface area contributed by atoms with E-state index < -0.39 is 21.0 Å². The number of nitrogens with one attached hydrogen (secondary N) is 1. The molecule has 1 aromatic rings. The molecule has 0 aromatic heterocycles. The van der Waals surface area contributed by atoms with Crippen LogP contribution in [0.5, 0.6) is 0 Å². The minimum atomic E-state index is -1.06. The van der Waals surface area contributed by atoms with Gasteiger partial charge in [0.15, 0.2) is 5.44 Å². The first kappa shape index (κ1) is 12.5. The molecule has 0 radical (unpaired) electrons. The second kappa shape index (κ2) is 5.14. The maximum absolute atomic E-state index is 12.4. The number of anilines is 1. The predicted molar refractivity (Wildman–Crippen MR) is 67.2 cm³/mol. The van der Waals surface area contributed by atoms with E-state index in [1.54, 1.807) is 0 Å². The normalized spacial score (nSPS) is 33.3. The number of ether oxygens (including phenoxy) is 1. The Morgan fingerprint density at radius 1 is 1.47 bits per heavy atom. The summed E-state index contributed by atoms with van der Waals surface area (Å²) < 4.78 is 16.1. The molecule has 1 N–H and O–H groups in total. The van der Waals surface area contributed by atoms with E-state index in [2.05, 4.69) is 5.43 Å². The van der Waals surface area contributed by atoms with Gasteiger partial charge in [0.2, 0.25) is 0 Å². The van der Waals surface area contributed by atoms with Crippen molar-refractivity contribution in [1.29, 1.82) is 0 Å². The van der Waals surface area contributed by atoms with Gasteiger partial charge in [-0.2, -0.15) is 0 Å². The first-order chi connectivity index (χ1) is 8.13. The zero-order valence-electron chi connectivity index (χ0n) is 9.67. The van der Waals surface area contributed by atoms with Crippen LogP contribution in [0.1, 0.15) is 0 Å². The van der Waals surface area contributed by atoms with Gasteiger partial charge in [0.1, 0.15) is 13.1 Å². The number of rotatable bonds is 3. The van der Waals surface area contributed by atoms with E-state index in [1.165, 1.54) is 7.11 Å². The number of quaternary nitrogens is 1. The minimum Gasteiger partial charge on any atom is -0.606 e. The standard InChI is InChI=1S/C11H16N2O3S/c1-16-11-9-13(14,7-8-17(11)15)12-10-5-3-2-4-6-10/h2-6,11-12H,7-9H2,1H3. The van der Waals surface area contributed by atoms with Crippen LogP contribution in [0.3, 0.4) is 0 Å². The molecule has 1 aliphatic rings. The van der Waals surface area contributed by atoms with Crippen molar-refractivity contribution in [3.05, 3.63) is 35.5 Å². The van der Waals surface area contributed by atoms with Gasteiger partial charge in [-0.05, 0) is 12.1 Å². The van der Waals surface area contributed by atoms with Crippen molar-refractivity contribution < 1.29 is 13.7 Å². The van der Waals surface area contributed by atoms with Gasteiger partial charge >= 0.3 is 0 Å². The monoisotopic (exact) mass is 256 g/mol. The summed E-state index contributed by atoms with van der Waals surface area (Å²) in [5.41, 5.74) is 3.19. The number of hydrogen-bond donors (Lipinski definition) is 1. The molecule has 3 unspecified atom stereocenters. The molecule has 1 fully saturated rings. The van der Waals surface area contributed by atoms with Crippen molar-refractivity contribution in [1.82, 2.24) is 0 Å². The lowest BCUT2D eigenvalue weighted by Crippen LogP contribution is -2.58. The maximum atomic E-state index is 12.4. The third-order valence-electron chi connectivity index (χ3n) is 2.76. The number of hydrogen-bond acceptors (Lipinski definition) is 4. The van der Waals surface area contributed by atoms with Gasteiger partial charge in [0.05, 0.1) is 22.2 Å². The van der Waals surface area contributed by atoms with Crippen molar-refractivity contribution in [2.45, 2.75) is 5.44 Å². The Balaban J connectivity index is 2.07. The highest BCUT2D eigenvalue weighted by molar-refractivity contribution is 7.85. The molecule has 1 aliphatic heterocycles. The lowest BCUT2D eigenvalue weighted by Gasteiger charge is -2.46. The molecule has 1 saturated heterocycles. The fourth-order valence-electron chi connectivity index (χ4n) is 1.82. The van der Waals surface area contributed by atoms with Gasteiger partial charge in [0, 0.05) is 7.11 Å². The molecular formula is C11H16N2O3S. The average Bonchev–Trinajstić information content (AvgIpc) is 2.34. The van der Waals surface area contributed by atoms with Crippen molar-refractivity contribution >= 4 is 16.5 Å². The Morgan fingerprint density at radius 2 is 2.18 bits per heavy atom. The molecule has 17 heavy (non-hydrogen) atoms. The molecule has 5 nitrogen and oxygen atoms in total. The predicted octanol–water partition coefficient (Wildman–Crippen LogP) is 1.06. The second-order valence-electron chi connectivity index (χ2n) is 4.02. The van der Waals surface area contributed by atoms with Crippen molar-refractivity contribution in [2.24, 2.45) is 0 Å². The van der Waals surface area contributed by atoms with Crippen LogP contribution < -0.4 is 5.43 Å². The largest absolute Gasteiger partial charge is 0.606 e. The minimum absolute atomic E-state index is 0.165. The first-order valence-corrected chi connectivity index (χ1v) is 6.82. The summed E-state index contributed by atoms with van der Waals surface area (Å²) in [6, 6.07) is 9.30. The summed E-state index contributed by atoms with van der Waals surface area (Å²) in [7, 11) is 0.426. The Bertz CT molecular complexity index is 401. The fourth-order valence-corrected chi connectivity index (χ4v) is 3.17. The molecule has 3 atom stereocenters. The molecule has 6 heteroatoms. The maximum Gasteiger partial charge on any atom is 0.183 e. The molecule has 1 heterocycles. The summed E-state index contributed by atoms with van der Waals surface area (Å²) in [5.74, 6) is 0.363. The van der Waals surface area contributed by atoms with Crippen molar-refractivity contribution in [3.8, 4) is 0 Å². The summed E-state index contributed by atoms with van der Waals surface area (Å²) in [6.07, 6.45) is 0. The van der Waals surface area contributed by atoms with Gasteiger partial charge in [-0.1, -0.05) is 18.2 Å². The molecule has 0 spiro atoms. The van der Waals surface area contributed by atoms with E-state index >= 15 is 0 Å². The number of benzene rings is 1. The van der Waals surface area contributed by atoms with Gasteiger partial charge in [-0.15, -0.1) is 0 Å². The van der Waals surface area contributed by atoms with Gasteiger partial charge in [0.25, 0.3) is 0 Å². The van der Waals surface area contributed by atoms with Crippen LogP contribution in [0.25, 0.3) is 0 Å². The van der Waals surface area contributed by atoms with Crippen molar-refractivity contribution in [2.75, 3.05) is 31.4 Å². The van der Waals surface area contributed by atoms with Crippen LogP contribution in [-0.2, 0) is 15.5 Å². The second-order valence-corrected chi connectivity index (χ2v) is 5.72. The van der Waals surface area contributed by atoms with E-state index in [1.807, 2.05) is 30.3 Å². The SMILES string of the molecule is COC1C[N+]([O-])(Nc2ccccc2)CCS1=O. The first-order valence-electron chi connectivity index (χ1n) is 5.44. The van der Waals surface area contributed by atoms with E-state index in [0.717, 1.165) is 5.69 Å². The van der Waals surface area contributed by atoms with Crippen LogP contribution in [0, 0.1) is 5.21 Å². The summed E-state index contributed by atoms with van der Waals surface area (Å²) >= 11 is 0. The van der Waals surface area contributed by atoms with E-state index in [9.17, 15) is 9.42 Å². The van der Waals surface area contributed by atoms with Gasteiger partial charge in [-0.3, -0.25) is 8.96 Å². The number of nitrogens with zero attached hydrogens (tertiary/aromatic N) is 1. The Kier molecular flexibility index (Phi) is 3.78. The highest BCUT2D eigenvalue weighted by Gasteiger charge is 2.34. The Morgan fingerprint density at radius 3 is 2.82 bits per heavy atom.